The number of pyridine rings is 1. The van der Waals surface area contributed by atoms with E-state index in [1.807, 2.05) is 18.2 Å². The van der Waals surface area contributed by atoms with Gasteiger partial charge in [-0.15, -0.1) is 0 Å². The molecular formula is C14H16BN3. The van der Waals surface area contributed by atoms with Gasteiger partial charge in [-0.1, -0.05) is 17.6 Å². The van der Waals surface area contributed by atoms with Gasteiger partial charge < -0.3 is 9.80 Å². The monoisotopic (exact) mass is 237 g/mol. The van der Waals surface area contributed by atoms with Crippen LogP contribution in [0.5, 0.6) is 0 Å². The highest BCUT2D eigenvalue weighted by molar-refractivity contribution is 6.33. The van der Waals surface area contributed by atoms with Gasteiger partial charge >= 0.3 is 0 Å². The zero-order valence-electron chi connectivity index (χ0n) is 10.6. The maximum Gasteiger partial charge on any atom is 0.129 e. The maximum atomic E-state index is 5.81. The van der Waals surface area contributed by atoms with Crippen LogP contribution < -0.4 is 10.4 Å². The number of anilines is 1. The Morgan fingerprint density at radius 1 is 1.06 bits per heavy atom. The van der Waals surface area contributed by atoms with Crippen molar-refractivity contribution in [2.45, 2.75) is 0 Å². The molecule has 2 radical (unpaired) electrons. The van der Waals surface area contributed by atoms with E-state index >= 15 is 0 Å². The number of piperazine rings is 1. The summed E-state index contributed by atoms with van der Waals surface area (Å²) in [5.41, 5.74) is 1.75. The second kappa shape index (κ2) is 4.61. The van der Waals surface area contributed by atoms with Gasteiger partial charge in [0.25, 0.3) is 0 Å². The van der Waals surface area contributed by atoms with Gasteiger partial charge in [0.2, 0.25) is 0 Å². The molecule has 1 fully saturated rings. The molecule has 1 saturated heterocycles. The summed E-state index contributed by atoms with van der Waals surface area (Å²) in [6.45, 7) is 4.27. The van der Waals surface area contributed by atoms with E-state index in [0.717, 1.165) is 48.4 Å². The van der Waals surface area contributed by atoms with Gasteiger partial charge in [-0.3, -0.25) is 0 Å². The number of aromatic nitrogens is 1. The average Bonchev–Trinajstić information content (AvgIpc) is 2.38. The summed E-state index contributed by atoms with van der Waals surface area (Å²) in [6, 6.07) is 10.1. The number of rotatable bonds is 1. The average molecular weight is 237 g/mol. The van der Waals surface area contributed by atoms with Crippen LogP contribution >= 0.6 is 0 Å². The Bertz CT molecular complexity index is 562. The van der Waals surface area contributed by atoms with Crippen molar-refractivity contribution >= 4 is 30.0 Å². The fourth-order valence-electron chi connectivity index (χ4n) is 2.34. The number of fused-ring (bicyclic) bond motifs is 1. The Hall–Kier alpha value is -1.55. The molecule has 4 heteroatoms. The lowest BCUT2D eigenvalue weighted by Crippen LogP contribution is -2.44. The SMILES string of the molecule is [B]c1ccc2ccc(N3CCN(C)CC3)nc2c1. The Morgan fingerprint density at radius 2 is 1.78 bits per heavy atom. The van der Waals surface area contributed by atoms with Gasteiger partial charge in [0.05, 0.1) is 5.52 Å². The third-order valence-electron chi connectivity index (χ3n) is 3.53. The largest absolute Gasteiger partial charge is 0.354 e. The lowest BCUT2D eigenvalue weighted by Gasteiger charge is -2.33. The third-order valence-corrected chi connectivity index (χ3v) is 3.53. The first kappa shape index (κ1) is 11.5. The minimum Gasteiger partial charge on any atom is -0.354 e. The molecule has 2 aromatic rings. The molecule has 0 saturated carbocycles. The van der Waals surface area contributed by atoms with E-state index in [9.17, 15) is 0 Å². The molecule has 1 aliphatic heterocycles. The standard InChI is InChI=1S/C14H16BN3/c1-17-6-8-18(9-7-17)14-5-3-11-2-4-12(15)10-13(11)16-14/h2-5,10H,6-9H2,1H3. The second-order valence-corrected chi connectivity index (χ2v) is 4.91. The third kappa shape index (κ3) is 2.20. The van der Waals surface area contributed by atoms with Crippen molar-refractivity contribution in [3.63, 3.8) is 0 Å². The molecule has 1 aliphatic rings. The van der Waals surface area contributed by atoms with Crippen LogP contribution in [0.4, 0.5) is 5.82 Å². The highest BCUT2D eigenvalue weighted by Crippen LogP contribution is 2.18. The van der Waals surface area contributed by atoms with Gasteiger partial charge in [0.1, 0.15) is 13.7 Å². The van der Waals surface area contributed by atoms with E-state index in [4.69, 9.17) is 12.8 Å². The van der Waals surface area contributed by atoms with Crippen LogP contribution in [-0.4, -0.2) is 51.0 Å². The fraction of sp³-hybridized carbons (Fsp3) is 0.357. The molecule has 0 aliphatic carbocycles. The summed E-state index contributed by atoms with van der Waals surface area (Å²) >= 11 is 0. The lowest BCUT2D eigenvalue weighted by molar-refractivity contribution is 0.312. The van der Waals surface area contributed by atoms with Crippen LogP contribution in [0.25, 0.3) is 10.9 Å². The van der Waals surface area contributed by atoms with E-state index in [2.05, 4.69) is 29.0 Å². The molecule has 1 aromatic heterocycles. The van der Waals surface area contributed by atoms with E-state index in [1.165, 1.54) is 0 Å². The van der Waals surface area contributed by atoms with Gasteiger partial charge in [-0.2, -0.15) is 0 Å². The van der Waals surface area contributed by atoms with Crippen molar-refractivity contribution < 1.29 is 0 Å². The van der Waals surface area contributed by atoms with Gasteiger partial charge in [-0.25, -0.2) is 4.98 Å². The normalized spacial score (nSPS) is 17.3. The second-order valence-electron chi connectivity index (χ2n) is 4.91. The molecule has 0 spiro atoms. The molecule has 1 aromatic carbocycles. The van der Waals surface area contributed by atoms with Crippen molar-refractivity contribution in [1.29, 1.82) is 0 Å². The molecular weight excluding hydrogens is 221 g/mol. The van der Waals surface area contributed by atoms with E-state index < -0.39 is 0 Å². The minimum atomic E-state index is 0.769. The first-order chi connectivity index (χ1) is 8.72. The van der Waals surface area contributed by atoms with E-state index in [0.29, 0.717) is 0 Å². The number of benzene rings is 1. The van der Waals surface area contributed by atoms with E-state index in [1.54, 1.807) is 0 Å². The van der Waals surface area contributed by atoms with Gasteiger partial charge in [0.15, 0.2) is 0 Å². The van der Waals surface area contributed by atoms with Gasteiger partial charge in [-0.05, 0) is 25.2 Å². The first-order valence-corrected chi connectivity index (χ1v) is 6.32. The highest BCUT2D eigenvalue weighted by atomic mass is 15.3. The molecule has 2 heterocycles. The van der Waals surface area contributed by atoms with E-state index in [-0.39, 0.29) is 0 Å². The minimum absolute atomic E-state index is 0.769. The van der Waals surface area contributed by atoms with Crippen LogP contribution in [0.2, 0.25) is 0 Å². The zero-order valence-corrected chi connectivity index (χ0v) is 10.6. The number of hydrogen-bond acceptors (Lipinski definition) is 3. The quantitative estimate of drug-likeness (QED) is 0.683. The molecule has 90 valence electrons. The van der Waals surface area contributed by atoms with Crippen LogP contribution in [0, 0.1) is 0 Å². The van der Waals surface area contributed by atoms with Gasteiger partial charge in [0, 0.05) is 31.6 Å². The molecule has 3 nitrogen and oxygen atoms in total. The molecule has 18 heavy (non-hydrogen) atoms. The summed E-state index contributed by atoms with van der Waals surface area (Å²) in [7, 11) is 7.97. The summed E-state index contributed by atoms with van der Waals surface area (Å²) in [5.74, 6) is 1.06. The van der Waals surface area contributed by atoms with Crippen molar-refractivity contribution in [2.24, 2.45) is 0 Å². The summed E-state index contributed by atoms with van der Waals surface area (Å²) in [4.78, 5) is 9.39. The molecule has 0 atom stereocenters. The predicted octanol–water partition coefficient (Wildman–Crippen LogP) is 0.780. The number of likely N-dealkylation sites (N-methyl/N-ethyl adjacent to an activating group) is 1. The Balaban J connectivity index is 1.92. The topological polar surface area (TPSA) is 19.4 Å². The van der Waals surface area contributed by atoms with Crippen molar-refractivity contribution in [2.75, 3.05) is 38.1 Å². The molecule has 0 unspecified atom stereocenters. The Labute approximate surface area is 109 Å². The van der Waals surface area contributed by atoms with Crippen LogP contribution in [0.3, 0.4) is 0 Å². The lowest BCUT2D eigenvalue weighted by atomic mass is 9.95. The van der Waals surface area contributed by atoms with Crippen LogP contribution in [-0.2, 0) is 0 Å². The molecule has 0 N–H and O–H groups in total. The summed E-state index contributed by atoms with van der Waals surface area (Å²) < 4.78 is 0. The van der Waals surface area contributed by atoms with Crippen molar-refractivity contribution in [3.05, 3.63) is 30.3 Å². The zero-order chi connectivity index (χ0) is 12.5. The summed E-state index contributed by atoms with van der Waals surface area (Å²) in [6.07, 6.45) is 0. The highest BCUT2D eigenvalue weighted by Gasteiger charge is 2.15. The number of nitrogens with zero attached hydrogens (tertiary/aromatic N) is 3. The Kier molecular flexibility index (Phi) is 2.96. The smallest absolute Gasteiger partial charge is 0.129 e. The van der Waals surface area contributed by atoms with Crippen molar-refractivity contribution in [3.8, 4) is 0 Å². The Morgan fingerprint density at radius 3 is 2.56 bits per heavy atom. The molecule has 0 bridgehead atoms. The van der Waals surface area contributed by atoms with Crippen LogP contribution in [0.1, 0.15) is 0 Å². The number of hydrogen-bond donors (Lipinski definition) is 0. The predicted molar refractivity (Wildman–Crippen MR) is 76.8 cm³/mol. The fourth-order valence-corrected chi connectivity index (χ4v) is 2.34. The first-order valence-electron chi connectivity index (χ1n) is 6.32. The summed E-state index contributed by atoms with van der Waals surface area (Å²) in [5, 5.41) is 1.14. The van der Waals surface area contributed by atoms with Crippen molar-refractivity contribution in [1.82, 2.24) is 9.88 Å². The maximum absolute atomic E-state index is 5.81. The molecule has 3 rings (SSSR count). The molecule has 0 amide bonds. The van der Waals surface area contributed by atoms with Crippen LogP contribution in [0.15, 0.2) is 30.3 Å².